The number of anilines is 3. The zero-order valence-electron chi connectivity index (χ0n) is 17.2. The van der Waals surface area contributed by atoms with Gasteiger partial charge >= 0.3 is 0 Å². The van der Waals surface area contributed by atoms with E-state index in [0.29, 0.717) is 11.4 Å². The molecule has 4 rings (SSSR count). The van der Waals surface area contributed by atoms with Gasteiger partial charge in [-0.3, -0.25) is 14.1 Å². The van der Waals surface area contributed by atoms with Crippen molar-refractivity contribution in [2.45, 2.75) is 24.8 Å². The van der Waals surface area contributed by atoms with E-state index in [4.69, 9.17) is 10.5 Å². The van der Waals surface area contributed by atoms with Crippen LogP contribution in [0, 0.1) is 0 Å². The number of nitrogen functional groups attached to an aromatic ring is 1. The maximum absolute atomic E-state index is 13.3. The van der Waals surface area contributed by atoms with Crippen LogP contribution in [0.5, 0.6) is 5.75 Å². The van der Waals surface area contributed by atoms with Gasteiger partial charge in [-0.2, -0.15) is 8.42 Å². The molecule has 4 N–H and O–H groups in total. The van der Waals surface area contributed by atoms with Gasteiger partial charge in [-0.1, -0.05) is 30.3 Å². The highest BCUT2D eigenvalue weighted by atomic mass is 32.2. The van der Waals surface area contributed by atoms with Crippen LogP contribution in [0.3, 0.4) is 0 Å². The van der Waals surface area contributed by atoms with Gasteiger partial charge in [-0.25, -0.2) is 0 Å². The molecule has 32 heavy (non-hydrogen) atoms. The third kappa shape index (κ3) is 3.72. The summed E-state index contributed by atoms with van der Waals surface area (Å²) < 4.78 is 39.3. The molecule has 0 amide bonds. The third-order valence-electron chi connectivity index (χ3n) is 4.96. The van der Waals surface area contributed by atoms with Crippen LogP contribution in [0.1, 0.15) is 45.7 Å². The Kier molecular flexibility index (Phi) is 5.23. The fourth-order valence-electron chi connectivity index (χ4n) is 3.68. The lowest BCUT2D eigenvalue weighted by molar-refractivity contribution is 0.0980. The molecule has 9 heteroatoms. The first-order valence-corrected chi connectivity index (χ1v) is 11.2. The van der Waals surface area contributed by atoms with E-state index in [0.717, 1.165) is 6.07 Å². The Balaban J connectivity index is 1.94. The normalized spacial score (nSPS) is 13.0. The molecule has 1 aliphatic rings. The molecule has 0 spiro atoms. The third-order valence-corrected chi connectivity index (χ3v) is 5.86. The molecule has 0 aromatic heterocycles. The topological polar surface area (TPSA) is 136 Å². The largest absolute Gasteiger partial charge is 0.491 e. The smallest absolute Gasteiger partial charge is 0.296 e. The van der Waals surface area contributed by atoms with Gasteiger partial charge < -0.3 is 15.8 Å². The number of hydrogen-bond acceptors (Lipinski definition) is 7. The van der Waals surface area contributed by atoms with Gasteiger partial charge in [0.25, 0.3) is 10.1 Å². The molecular formula is C23H20N2O6S. The summed E-state index contributed by atoms with van der Waals surface area (Å²) in [6.07, 6.45) is -0.0728. The predicted octanol–water partition coefficient (Wildman–Crippen LogP) is 3.82. The molecule has 0 heterocycles. The summed E-state index contributed by atoms with van der Waals surface area (Å²) in [5.41, 5.74) is 5.99. The van der Waals surface area contributed by atoms with Gasteiger partial charge in [0.1, 0.15) is 10.6 Å². The molecule has 1 aliphatic carbocycles. The van der Waals surface area contributed by atoms with Crippen molar-refractivity contribution in [2.24, 2.45) is 0 Å². The minimum absolute atomic E-state index is 0.0244. The second kappa shape index (κ2) is 7.77. The molecule has 0 saturated heterocycles. The Labute approximate surface area is 184 Å². The van der Waals surface area contributed by atoms with Gasteiger partial charge in [-0.05, 0) is 32.0 Å². The summed E-state index contributed by atoms with van der Waals surface area (Å²) in [5, 5.41) is 2.98. The summed E-state index contributed by atoms with van der Waals surface area (Å²) in [4.78, 5) is 25.8. The van der Waals surface area contributed by atoms with E-state index < -0.39 is 32.3 Å². The molecule has 0 unspecified atom stereocenters. The van der Waals surface area contributed by atoms with Crippen molar-refractivity contribution < 1.29 is 27.3 Å². The number of nitrogens with one attached hydrogen (secondary N) is 1. The molecule has 0 fully saturated rings. The molecule has 8 nitrogen and oxygen atoms in total. The summed E-state index contributed by atoms with van der Waals surface area (Å²) in [6, 6.07) is 14.1. The average molecular weight is 452 g/mol. The van der Waals surface area contributed by atoms with Crippen molar-refractivity contribution in [3.63, 3.8) is 0 Å². The second-order valence-corrected chi connectivity index (χ2v) is 8.97. The number of fused-ring (bicyclic) bond motifs is 2. The van der Waals surface area contributed by atoms with Crippen LogP contribution < -0.4 is 15.8 Å². The number of ketones is 2. The molecular weight excluding hydrogens is 432 g/mol. The number of nitrogens with two attached hydrogens (primary N) is 1. The Bertz CT molecular complexity index is 1380. The van der Waals surface area contributed by atoms with Crippen molar-refractivity contribution >= 4 is 38.7 Å². The summed E-state index contributed by atoms with van der Waals surface area (Å²) in [7, 11) is -4.78. The fraction of sp³-hybridized carbons (Fsp3) is 0.130. The average Bonchev–Trinajstić information content (AvgIpc) is 2.72. The summed E-state index contributed by atoms with van der Waals surface area (Å²) in [5.74, 6) is -0.531. The Hall–Kier alpha value is -3.69. The number of carbonyl (C=O) groups excluding carboxylic acids is 2. The van der Waals surface area contributed by atoms with Gasteiger partial charge in [0, 0.05) is 22.9 Å². The lowest BCUT2D eigenvalue weighted by Crippen LogP contribution is -2.25. The minimum Gasteiger partial charge on any atom is -0.491 e. The lowest BCUT2D eigenvalue weighted by atomic mass is 9.82. The van der Waals surface area contributed by atoms with E-state index in [-0.39, 0.29) is 34.0 Å². The molecule has 3 aromatic rings. The number of carbonyl (C=O) groups is 2. The van der Waals surface area contributed by atoms with Crippen LogP contribution in [-0.4, -0.2) is 30.6 Å². The molecule has 0 radical (unpaired) electrons. The van der Waals surface area contributed by atoms with Crippen LogP contribution in [0.4, 0.5) is 17.1 Å². The molecule has 0 atom stereocenters. The van der Waals surface area contributed by atoms with E-state index in [1.807, 2.05) is 13.8 Å². The molecule has 0 bridgehead atoms. The standard InChI is InChI=1S/C23H20N2O6S/c1-12(2)31-14-7-5-6-13(10-14)25-17-11-18(32(28,29)30)21(24)20-19(17)22(26)15-8-3-4-9-16(15)23(20)27/h3-12,25H,24H2,1-2H3,(H,28,29,30). The molecule has 0 aliphatic heterocycles. The quantitative estimate of drug-likeness (QED) is 0.307. The first-order chi connectivity index (χ1) is 15.1. The maximum Gasteiger partial charge on any atom is 0.296 e. The van der Waals surface area contributed by atoms with E-state index in [2.05, 4.69) is 5.32 Å². The summed E-state index contributed by atoms with van der Waals surface area (Å²) >= 11 is 0. The highest BCUT2D eigenvalue weighted by Crippen LogP contribution is 2.40. The SMILES string of the molecule is CC(C)Oc1cccc(Nc2cc(S(=O)(=O)O)c(N)c3c2C(=O)c2ccccc2C3=O)c1. The monoisotopic (exact) mass is 452 g/mol. The summed E-state index contributed by atoms with van der Waals surface area (Å²) in [6.45, 7) is 3.74. The van der Waals surface area contributed by atoms with Crippen LogP contribution in [-0.2, 0) is 10.1 Å². The van der Waals surface area contributed by atoms with Crippen molar-refractivity contribution in [3.05, 3.63) is 76.9 Å². The van der Waals surface area contributed by atoms with E-state index in [1.165, 1.54) is 12.1 Å². The number of hydrogen-bond donors (Lipinski definition) is 3. The van der Waals surface area contributed by atoms with Crippen molar-refractivity contribution in [1.29, 1.82) is 0 Å². The number of benzene rings is 3. The van der Waals surface area contributed by atoms with Crippen molar-refractivity contribution in [3.8, 4) is 5.75 Å². The Morgan fingerprint density at radius 1 is 0.938 bits per heavy atom. The highest BCUT2D eigenvalue weighted by molar-refractivity contribution is 7.86. The zero-order valence-corrected chi connectivity index (χ0v) is 18.1. The molecule has 164 valence electrons. The number of rotatable bonds is 5. The van der Waals surface area contributed by atoms with Crippen LogP contribution >= 0.6 is 0 Å². The Morgan fingerprint density at radius 2 is 1.56 bits per heavy atom. The highest BCUT2D eigenvalue weighted by Gasteiger charge is 2.36. The van der Waals surface area contributed by atoms with Gasteiger partial charge in [-0.15, -0.1) is 0 Å². The van der Waals surface area contributed by atoms with E-state index in [1.54, 1.807) is 36.4 Å². The van der Waals surface area contributed by atoms with Crippen LogP contribution in [0.25, 0.3) is 0 Å². The van der Waals surface area contributed by atoms with Crippen molar-refractivity contribution in [1.82, 2.24) is 0 Å². The van der Waals surface area contributed by atoms with Crippen LogP contribution in [0.2, 0.25) is 0 Å². The van der Waals surface area contributed by atoms with Gasteiger partial charge in [0.2, 0.25) is 0 Å². The maximum atomic E-state index is 13.3. The Morgan fingerprint density at radius 3 is 2.16 bits per heavy atom. The predicted molar refractivity (Wildman–Crippen MR) is 119 cm³/mol. The number of ether oxygens (including phenoxy) is 1. The minimum atomic E-state index is -4.78. The van der Waals surface area contributed by atoms with E-state index in [9.17, 15) is 22.6 Å². The molecule has 0 saturated carbocycles. The molecule has 3 aromatic carbocycles. The van der Waals surface area contributed by atoms with E-state index >= 15 is 0 Å². The first-order valence-electron chi connectivity index (χ1n) is 9.74. The van der Waals surface area contributed by atoms with Gasteiger partial charge in [0.05, 0.1) is 28.6 Å². The lowest BCUT2D eigenvalue weighted by Gasteiger charge is -2.23. The zero-order chi connectivity index (χ0) is 23.2. The van der Waals surface area contributed by atoms with Gasteiger partial charge in [0.15, 0.2) is 11.6 Å². The van der Waals surface area contributed by atoms with Crippen molar-refractivity contribution in [2.75, 3.05) is 11.1 Å². The second-order valence-electron chi connectivity index (χ2n) is 7.58. The van der Waals surface area contributed by atoms with Crippen LogP contribution in [0.15, 0.2) is 59.5 Å². The first kappa shape index (κ1) is 21.5. The fourth-order valence-corrected chi connectivity index (χ4v) is 4.33.